The zero-order valence-corrected chi connectivity index (χ0v) is 24.7. The third-order valence-corrected chi connectivity index (χ3v) is 7.20. The number of anilines is 2. The SMILES string of the molecule is CC(=O)CNCCN(C)c1cncc(Oc2ccc(-c3ccc(N4CCN(C(=O)CCCCCN)CC4)nc3)cc2)n1. The second-order valence-corrected chi connectivity index (χ2v) is 10.5. The molecule has 1 saturated heterocycles. The summed E-state index contributed by atoms with van der Waals surface area (Å²) in [4.78, 5) is 43.2. The maximum absolute atomic E-state index is 12.5. The molecule has 0 aliphatic carbocycles. The highest BCUT2D eigenvalue weighted by atomic mass is 16.5. The molecule has 224 valence electrons. The first-order valence-corrected chi connectivity index (χ1v) is 14.6. The lowest BCUT2D eigenvalue weighted by molar-refractivity contribution is -0.131. The van der Waals surface area contributed by atoms with Crippen LogP contribution in [0.1, 0.15) is 32.6 Å². The van der Waals surface area contributed by atoms with Crippen LogP contribution in [0.4, 0.5) is 11.6 Å². The average molecular weight is 575 g/mol. The molecule has 1 fully saturated rings. The van der Waals surface area contributed by atoms with Crippen LogP contribution in [0.2, 0.25) is 0 Å². The van der Waals surface area contributed by atoms with Crippen LogP contribution in [-0.4, -0.2) is 90.9 Å². The summed E-state index contributed by atoms with van der Waals surface area (Å²) in [5, 5.41) is 3.10. The average Bonchev–Trinajstić information content (AvgIpc) is 3.02. The van der Waals surface area contributed by atoms with Crippen molar-refractivity contribution >= 4 is 23.3 Å². The number of unbranched alkanes of at least 4 members (excludes halogenated alkanes) is 2. The van der Waals surface area contributed by atoms with E-state index in [9.17, 15) is 9.59 Å². The summed E-state index contributed by atoms with van der Waals surface area (Å²) in [6, 6.07) is 11.9. The second kappa shape index (κ2) is 15.8. The summed E-state index contributed by atoms with van der Waals surface area (Å²) in [6.45, 7) is 6.96. The van der Waals surface area contributed by atoms with Crippen molar-refractivity contribution < 1.29 is 14.3 Å². The Labute approximate surface area is 248 Å². The number of hydrogen-bond donors (Lipinski definition) is 2. The normalized spacial score (nSPS) is 13.2. The van der Waals surface area contributed by atoms with Crippen LogP contribution in [0.5, 0.6) is 11.6 Å². The van der Waals surface area contributed by atoms with Gasteiger partial charge in [0, 0.05) is 64.5 Å². The predicted octanol–water partition coefficient (Wildman–Crippen LogP) is 3.11. The summed E-state index contributed by atoms with van der Waals surface area (Å²) in [7, 11) is 1.92. The van der Waals surface area contributed by atoms with Gasteiger partial charge in [-0.1, -0.05) is 18.6 Å². The fourth-order valence-corrected chi connectivity index (χ4v) is 4.72. The van der Waals surface area contributed by atoms with E-state index in [1.807, 2.05) is 53.4 Å². The molecule has 0 saturated carbocycles. The van der Waals surface area contributed by atoms with Crippen LogP contribution < -0.4 is 25.6 Å². The third kappa shape index (κ3) is 9.22. The van der Waals surface area contributed by atoms with Gasteiger partial charge in [-0.15, -0.1) is 0 Å². The zero-order chi connectivity index (χ0) is 29.7. The van der Waals surface area contributed by atoms with Crippen molar-refractivity contribution in [2.75, 3.05) is 69.2 Å². The predicted molar refractivity (Wildman–Crippen MR) is 165 cm³/mol. The molecule has 3 N–H and O–H groups in total. The summed E-state index contributed by atoms with van der Waals surface area (Å²) < 4.78 is 5.96. The number of ether oxygens (including phenoxy) is 1. The number of Topliss-reactive ketones (excluding diaryl/α,β-unsaturated/α-hetero) is 1. The number of benzene rings is 1. The van der Waals surface area contributed by atoms with Crippen molar-refractivity contribution in [1.29, 1.82) is 0 Å². The smallest absolute Gasteiger partial charge is 0.239 e. The summed E-state index contributed by atoms with van der Waals surface area (Å²) in [5.74, 6) is 3.02. The molecule has 0 atom stereocenters. The molecule has 11 heteroatoms. The fourth-order valence-electron chi connectivity index (χ4n) is 4.72. The van der Waals surface area contributed by atoms with E-state index in [0.717, 1.165) is 62.4 Å². The number of nitrogens with one attached hydrogen (secondary N) is 1. The Morgan fingerprint density at radius 2 is 1.74 bits per heavy atom. The molecular weight excluding hydrogens is 532 g/mol. The maximum Gasteiger partial charge on any atom is 0.239 e. The van der Waals surface area contributed by atoms with Gasteiger partial charge in [-0.3, -0.25) is 14.6 Å². The van der Waals surface area contributed by atoms with Gasteiger partial charge in [-0.2, -0.15) is 4.98 Å². The number of ketones is 1. The minimum Gasteiger partial charge on any atom is -0.437 e. The molecule has 0 bridgehead atoms. The highest BCUT2D eigenvalue weighted by Gasteiger charge is 2.21. The van der Waals surface area contributed by atoms with Crippen molar-refractivity contribution in [2.45, 2.75) is 32.6 Å². The number of likely N-dealkylation sites (N-methyl/N-ethyl adjacent to an activating group) is 1. The summed E-state index contributed by atoms with van der Waals surface area (Å²) >= 11 is 0. The van der Waals surface area contributed by atoms with Crippen molar-refractivity contribution in [2.24, 2.45) is 5.73 Å². The van der Waals surface area contributed by atoms with E-state index in [-0.39, 0.29) is 11.7 Å². The fraction of sp³-hybridized carbons (Fsp3) is 0.452. The van der Waals surface area contributed by atoms with E-state index in [4.69, 9.17) is 15.5 Å². The molecule has 4 rings (SSSR count). The van der Waals surface area contributed by atoms with Gasteiger partial charge in [0.15, 0.2) is 5.82 Å². The summed E-state index contributed by atoms with van der Waals surface area (Å²) in [6.07, 6.45) is 8.66. The molecule has 0 spiro atoms. The first-order valence-electron chi connectivity index (χ1n) is 14.6. The van der Waals surface area contributed by atoms with E-state index >= 15 is 0 Å². The number of amides is 1. The highest BCUT2D eigenvalue weighted by Crippen LogP contribution is 2.26. The number of rotatable bonds is 15. The van der Waals surface area contributed by atoms with Gasteiger partial charge in [-0.05, 0) is 56.1 Å². The van der Waals surface area contributed by atoms with Crippen LogP contribution in [-0.2, 0) is 9.59 Å². The number of nitrogens with zero attached hydrogens (tertiary/aromatic N) is 6. The van der Waals surface area contributed by atoms with Crippen molar-refractivity contribution in [3.63, 3.8) is 0 Å². The van der Waals surface area contributed by atoms with E-state index < -0.39 is 0 Å². The van der Waals surface area contributed by atoms with Crippen molar-refractivity contribution in [3.05, 3.63) is 55.0 Å². The van der Waals surface area contributed by atoms with Gasteiger partial charge in [0.25, 0.3) is 0 Å². The van der Waals surface area contributed by atoms with Crippen LogP contribution in [0, 0.1) is 0 Å². The Morgan fingerprint density at radius 1 is 0.976 bits per heavy atom. The molecule has 0 radical (unpaired) electrons. The number of aromatic nitrogens is 3. The lowest BCUT2D eigenvalue weighted by Crippen LogP contribution is -2.49. The van der Waals surface area contributed by atoms with Crippen LogP contribution >= 0.6 is 0 Å². The van der Waals surface area contributed by atoms with E-state index in [1.165, 1.54) is 0 Å². The van der Waals surface area contributed by atoms with Crippen LogP contribution in [0.15, 0.2) is 55.0 Å². The van der Waals surface area contributed by atoms with Crippen LogP contribution in [0.25, 0.3) is 11.1 Å². The monoisotopic (exact) mass is 574 g/mol. The number of nitrogens with two attached hydrogens (primary N) is 1. The van der Waals surface area contributed by atoms with Gasteiger partial charge in [-0.25, -0.2) is 4.98 Å². The summed E-state index contributed by atoms with van der Waals surface area (Å²) in [5.41, 5.74) is 7.58. The number of hydrogen-bond acceptors (Lipinski definition) is 10. The molecule has 3 aromatic rings. The number of carbonyl (C=O) groups is 2. The largest absolute Gasteiger partial charge is 0.437 e. The number of carbonyl (C=O) groups excluding carboxylic acids is 2. The molecule has 11 nitrogen and oxygen atoms in total. The lowest BCUT2D eigenvalue weighted by Gasteiger charge is -2.35. The van der Waals surface area contributed by atoms with Gasteiger partial charge in [0.2, 0.25) is 11.8 Å². The second-order valence-electron chi connectivity index (χ2n) is 10.5. The van der Waals surface area contributed by atoms with E-state index in [0.29, 0.717) is 50.0 Å². The molecule has 1 aromatic carbocycles. The van der Waals surface area contributed by atoms with Crippen molar-refractivity contribution in [1.82, 2.24) is 25.2 Å². The Kier molecular flexibility index (Phi) is 11.6. The minimum atomic E-state index is 0.108. The van der Waals surface area contributed by atoms with Crippen LogP contribution in [0.3, 0.4) is 0 Å². The quantitative estimate of drug-likeness (QED) is 0.261. The molecule has 2 aromatic heterocycles. The van der Waals surface area contributed by atoms with Gasteiger partial charge in [0.05, 0.1) is 18.9 Å². The first-order chi connectivity index (χ1) is 20.4. The van der Waals surface area contributed by atoms with E-state index in [2.05, 4.69) is 26.3 Å². The molecular formula is C31H42N8O3. The zero-order valence-electron chi connectivity index (χ0n) is 24.7. The Hall–Kier alpha value is -4.09. The topological polar surface area (TPSA) is 130 Å². The maximum atomic E-state index is 12.5. The van der Waals surface area contributed by atoms with Gasteiger partial charge < -0.3 is 30.5 Å². The lowest BCUT2D eigenvalue weighted by atomic mass is 10.1. The molecule has 1 amide bonds. The Morgan fingerprint density at radius 3 is 2.43 bits per heavy atom. The molecule has 0 unspecified atom stereocenters. The van der Waals surface area contributed by atoms with Gasteiger partial charge in [0.1, 0.15) is 17.4 Å². The first kappa shape index (κ1) is 30.9. The molecule has 1 aliphatic rings. The molecule has 1 aliphatic heterocycles. The minimum absolute atomic E-state index is 0.108. The van der Waals surface area contributed by atoms with E-state index in [1.54, 1.807) is 19.3 Å². The van der Waals surface area contributed by atoms with Gasteiger partial charge >= 0.3 is 0 Å². The number of pyridine rings is 1. The third-order valence-electron chi connectivity index (χ3n) is 7.20. The Bertz CT molecular complexity index is 1280. The molecule has 3 heterocycles. The standard InChI is InChI=1S/C31H42N8O3/c1-24(40)20-33-14-15-37(2)29-22-34-23-30(36-29)42-27-10-7-25(8-11-27)26-9-12-28(35-21-26)38-16-18-39(19-17-38)31(41)6-4-3-5-13-32/h7-12,21-23,33H,3-6,13-20,32H2,1-2H3. The molecule has 42 heavy (non-hydrogen) atoms. The number of piperazine rings is 1. The van der Waals surface area contributed by atoms with Crippen molar-refractivity contribution in [3.8, 4) is 22.8 Å². The highest BCUT2D eigenvalue weighted by molar-refractivity contribution is 5.77. The Balaban J connectivity index is 1.26.